The van der Waals surface area contributed by atoms with Gasteiger partial charge in [0.05, 0.1) is 12.1 Å². The Balaban J connectivity index is 1.62. The molecule has 0 N–H and O–H groups in total. The van der Waals surface area contributed by atoms with Crippen LogP contribution in [0.2, 0.25) is 0 Å². The van der Waals surface area contributed by atoms with E-state index >= 15 is 0 Å². The molecule has 3 aromatic carbocycles. The van der Waals surface area contributed by atoms with Crippen molar-refractivity contribution in [1.82, 2.24) is 4.98 Å². The highest BCUT2D eigenvalue weighted by atomic mass is 32.2. The van der Waals surface area contributed by atoms with Crippen molar-refractivity contribution in [2.45, 2.75) is 30.7 Å². The molecule has 7 nitrogen and oxygen atoms in total. The van der Waals surface area contributed by atoms with Gasteiger partial charge >= 0.3 is 17.9 Å². The monoisotopic (exact) mass is 533 g/mol. The second-order valence-electron chi connectivity index (χ2n) is 7.99. The average Bonchev–Trinajstić information content (AvgIpc) is 3.23. The average molecular weight is 534 g/mol. The molecule has 1 heterocycles. The number of ether oxygens (including phenoxy) is 3. The Morgan fingerprint density at radius 1 is 0.838 bits per heavy atom. The van der Waals surface area contributed by atoms with Gasteiger partial charge in [-0.2, -0.15) is 0 Å². The second kappa shape index (κ2) is 11.9. The molecule has 0 fully saturated rings. The molecule has 1 aromatic heterocycles. The second-order valence-corrected chi connectivity index (χ2v) is 9.79. The maximum absolute atomic E-state index is 13.2. The summed E-state index contributed by atoms with van der Waals surface area (Å²) < 4.78 is 16.8. The molecule has 4 aromatic rings. The molecule has 0 amide bonds. The van der Waals surface area contributed by atoms with Crippen LogP contribution in [0.1, 0.15) is 36.0 Å². The van der Waals surface area contributed by atoms with Gasteiger partial charge in [-0.15, -0.1) is 24.0 Å². The maximum Gasteiger partial charge on any atom is 0.312 e. The molecular weight excluding hydrogens is 510 g/mol. The highest BCUT2D eigenvalue weighted by Gasteiger charge is 2.23. The maximum atomic E-state index is 13.2. The Hall–Kier alpha value is -3.95. The number of hydrogen-bond donors (Lipinski definition) is 1. The number of thiazole rings is 1. The van der Waals surface area contributed by atoms with Gasteiger partial charge in [0, 0.05) is 24.3 Å². The summed E-state index contributed by atoms with van der Waals surface area (Å²) in [5.41, 5.74) is 2.77. The van der Waals surface area contributed by atoms with E-state index in [1.54, 1.807) is 6.07 Å². The molecule has 0 spiro atoms. The van der Waals surface area contributed by atoms with Crippen LogP contribution in [0.25, 0.3) is 11.3 Å². The standard InChI is InChI=1S/C28H23NO6S2/c1-17(30)33-22-14-13-21(15-23(22)34-18(2)31)26-24(37-28(36)29-26)16-25(32)35-27(19-9-5-3-6-10-19)20-11-7-4-8-12-20/h3-15,27H,16H2,1-2H3,(H,29,36). The number of benzene rings is 3. The molecule has 0 saturated carbocycles. The first-order valence-electron chi connectivity index (χ1n) is 11.3. The van der Waals surface area contributed by atoms with E-state index in [4.69, 9.17) is 14.2 Å². The number of hydrogen-bond acceptors (Lipinski definition) is 9. The molecule has 9 heteroatoms. The van der Waals surface area contributed by atoms with Gasteiger partial charge in [0.15, 0.2) is 17.6 Å². The smallest absolute Gasteiger partial charge is 0.312 e. The minimum atomic E-state index is -0.574. The number of carbonyl (C=O) groups excluding carboxylic acids is 3. The molecule has 0 bridgehead atoms. The van der Waals surface area contributed by atoms with Crippen LogP contribution in [0.3, 0.4) is 0 Å². The third-order valence-electron chi connectivity index (χ3n) is 5.17. The van der Waals surface area contributed by atoms with Gasteiger partial charge in [0.2, 0.25) is 0 Å². The van der Waals surface area contributed by atoms with Gasteiger partial charge in [0.1, 0.15) is 4.34 Å². The predicted octanol–water partition coefficient (Wildman–Crippen LogP) is 5.82. The molecule has 0 aliphatic carbocycles. The van der Waals surface area contributed by atoms with E-state index in [9.17, 15) is 14.4 Å². The Labute approximate surface area is 223 Å². The van der Waals surface area contributed by atoms with Crippen molar-refractivity contribution in [1.29, 1.82) is 0 Å². The fourth-order valence-electron chi connectivity index (χ4n) is 3.70. The quantitative estimate of drug-likeness (QED) is 0.173. The summed E-state index contributed by atoms with van der Waals surface area (Å²) in [5.74, 6) is -1.40. The van der Waals surface area contributed by atoms with Crippen molar-refractivity contribution in [3.63, 3.8) is 0 Å². The van der Waals surface area contributed by atoms with E-state index in [0.29, 0.717) is 20.5 Å². The Kier molecular flexibility index (Phi) is 8.37. The van der Waals surface area contributed by atoms with Gasteiger partial charge in [-0.3, -0.25) is 14.4 Å². The Bertz CT molecular complexity index is 1380. The van der Waals surface area contributed by atoms with E-state index in [1.165, 1.54) is 37.3 Å². The van der Waals surface area contributed by atoms with Gasteiger partial charge in [-0.05, 0) is 29.3 Å². The van der Waals surface area contributed by atoms with Gasteiger partial charge in [0.25, 0.3) is 0 Å². The van der Waals surface area contributed by atoms with Crippen LogP contribution >= 0.6 is 24.0 Å². The van der Waals surface area contributed by atoms with Gasteiger partial charge in [-0.1, -0.05) is 60.7 Å². The SMILES string of the molecule is CC(=O)Oc1ccc(-c2nc(S)sc2CC(=O)OC(c2ccccc2)c2ccccc2)cc1OC(C)=O. The number of aromatic nitrogens is 1. The highest BCUT2D eigenvalue weighted by molar-refractivity contribution is 7.82. The largest absolute Gasteiger partial charge is 0.452 e. The van der Waals surface area contributed by atoms with E-state index in [0.717, 1.165) is 11.1 Å². The lowest BCUT2D eigenvalue weighted by molar-refractivity contribution is -0.146. The third-order valence-corrected chi connectivity index (χ3v) is 6.40. The topological polar surface area (TPSA) is 91.8 Å². The van der Waals surface area contributed by atoms with Crippen LogP contribution < -0.4 is 9.47 Å². The molecular formula is C28H23NO6S2. The van der Waals surface area contributed by atoms with Crippen LogP contribution in [-0.2, 0) is 25.5 Å². The first-order chi connectivity index (χ1) is 17.8. The molecule has 37 heavy (non-hydrogen) atoms. The zero-order valence-electron chi connectivity index (χ0n) is 20.0. The molecule has 0 aliphatic heterocycles. The first-order valence-corrected chi connectivity index (χ1v) is 12.6. The molecule has 0 unspecified atom stereocenters. The highest BCUT2D eigenvalue weighted by Crippen LogP contribution is 2.37. The zero-order valence-corrected chi connectivity index (χ0v) is 21.8. The fraction of sp³-hybridized carbons (Fsp3) is 0.143. The summed E-state index contributed by atoms with van der Waals surface area (Å²) in [5, 5.41) is 0. The van der Waals surface area contributed by atoms with E-state index in [-0.39, 0.29) is 17.9 Å². The van der Waals surface area contributed by atoms with Crippen LogP contribution in [0, 0.1) is 0 Å². The number of nitrogens with zero attached hydrogens (tertiary/aromatic N) is 1. The van der Waals surface area contributed by atoms with Gasteiger partial charge < -0.3 is 14.2 Å². The predicted molar refractivity (Wildman–Crippen MR) is 142 cm³/mol. The number of thiol groups is 1. The lowest BCUT2D eigenvalue weighted by Gasteiger charge is -2.19. The van der Waals surface area contributed by atoms with Crippen molar-refractivity contribution in [3.05, 3.63) is 94.9 Å². The fourth-order valence-corrected chi connectivity index (χ4v) is 4.94. The minimum Gasteiger partial charge on any atom is -0.452 e. The number of carbonyl (C=O) groups is 3. The Morgan fingerprint density at radius 3 is 1.97 bits per heavy atom. The van der Waals surface area contributed by atoms with Crippen molar-refractivity contribution >= 4 is 41.9 Å². The summed E-state index contributed by atoms with van der Waals surface area (Å²) in [6.45, 7) is 2.50. The normalized spacial score (nSPS) is 10.7. The first kappa shape index (κ1) is 26.1. The minimum absolute atomic E-state index is 0.0433. The van der Waals surface area contributed by atoms with Crippen molar-refractivity contribution in [2.24, 2.45) is 0 Å². The van der Waals surface area contributed by atoms with Crippen LogP contribution in [0.4, 0.5) is 0 Å². The van der Waals surface area contributed by atoms with Crippen LogP contribution in [0.15, 0.2) is 83.2 Å². The Morgan fingerprint density at radius 2 is 1.41 bits per heavy atom. The summed E-state index contributed by atoms with van der Waals surface area (Å²) in [6.07, 6.45) is -0.612. The molecule has 0 radical (unpaired) electrons. The van der Waals surface area contributed by atoms with E-state index in [2.05, 4.69) is 17.6 Å². The molecule has 0 aliphatic rings. The summed E-state index contributed by atoms with van der Waals surface area (Å²) in [4.78, 5) is 41.3. The molecule has 0 saturated heterocycles. The van der Waals surface area contributed by atoms with Crippen molar-refractivity contribution in [2.75, 3.05) is 0 Å². The van der Waals surface area contributed by atoms with Crippen molar-refractivity contribution in [3.8, 4) is 22.8 Å². The van der Waals surface area contributed by atoms with E-state index < -0.39 is 24.0 Å². The van der Waals surface area contributed by atoms with E-state index in [1.807, 2.05) is 60.7 Å². The summed E-state index contributed by atoms with van der Waals surface area (Å²) in [7, 11) is 0. The molecule has 188 valence electrons. The lowest BCUT2D eigenvalue weighted by atomic mass is 10.0. The summed E-state index contributed by atoms with van der Waals surface area (Å²) in [6, 6.07) is 23.8. The molecule has 0 atom stereocenters. The third kappa shape index (κ3) is 6.84. The number of rotatable bonds is 8. The molecule has 4 rings (SSSR count). The van der Waals surface area contributed by atoms with Crippen molar-refractivity contribution < 1.29 is 28.6 Å². The zero-order chi connectivity index (χ0) is 26.4. The van der Waals surface area contributed by atoms with Crippen LogP contribution in [0.5, 0.6) is 11.5 Å². The summed E-state index contributed by atoms with van der Waals surface area (Å²) >= 11 is 5.63. The van der Waals surface area contributed by atoms with Gasteiger partial charge in [-0.25, -0.2) is 4.98 Å². The lowest BCUT2D eigenvalue weighted by Crippen LogP contribution is -2.14. The number of esters is 3. The van der Waals surface area contributed by atoms with Crippen LogP contribution in [-0.4, -0.2) is 22.9 Å².